The molecule has 11 heteroatoms. The molecule has 1 radical (unpaired) electrons. The number of nitrogens with one attached hydrogen (secondary N) is 2. The van der Waals surface area contributed by atoms with Crippen molar-refractivity contribution in [3.05, 3.63) is 35.6 Å². The van der Waals surface area contributed by atoms with Gasteiger partial charge in [0, 0.05) is 0 Å². The number of nitrogens with zero attached hydrogens (tertiary/aromatic N) is 1. The topological polar surface area (TPSA) is 99.1 Å². The molecule has 1 aromatic carbocycles. The van der Waals surface area contributed by atoms with Crippen LogP contribution in [0.5, 0.6) is 0 Å². The van der Waals surface area contributed by atoms with Crippen LogP contribution in [0, 0.1) is 17.1 Å². The Morgan fingerprint density at radius 1 is 1.27 bits per heavy atom. The van der Waals surface area contributed by atoms with Crippen LogP contribution in [-0.4, -0.2) is 37.8 Å². The van der Waals surface area contributed by atoms with Crippen LogP contribution < -0.4 is 10.6 Å². The predicted molar refractivity (Wildman–Crippen MR) is 81.6 cm³/mol. The minimum atomic E-state index is -4.87. The van der Waals surface area contributed by atoms with Crippen LogP contribution in [0.15, 0.2) is 24.3 Å². The SMILES string of the molecule is N#CC1(NC(=O)C(C[S](=O)=O)N[C@H](c2ccc(F)cc2)C(F)(F)F)CC1. The van der Waals surface area contributed by atoms with Crippen molar-refractivity contribution in [1.82, 2.24) is 10.6 Å². The smallest absolute Gasteiger partial charge is 0.336 e. The molecule has 6 nitrogen and oxygen atoms in total. The predicted octanol–water partition coefficient (Wildman–Crippen LogP) is 1.44. The summed E-state index contributed by atoms with van der Waals surface area (Å²) in [7, 11) is -2.81. The molecule has 2 N–H and O–H groups in total. The van der Waals surface area contributed by atoms with Gasteiger partial charge in [0.1, 0.15) is 23.4 Å². The van der Waals surface area contributed by atoms with Gasteiger partial charge in [-0.2, -0.15) is 26.9 Å². The molecule has 1 aliphatic carbocycles. The number of hydrogen-bond acceptors (Lipinski definition) is 5. The second-order valence-electron chi connectivity index (χ2n) is 5.90. The van der Waals surface area contributed by atoms with Gasteiger partial charge in [-0.1, -0.05) is 12.1 Å². The van der Waals surface area contributed by atoms with Crippen molar-refractivity contribution in [1.29, 1.82) is 5.26 Å². The number of hydrogen-bond donors (Lipinski definition) is 2. The highest BCUT2D eigenvalue weighted by atomic mass is 32.2. The first-order valence-corrected chi connectivity index (χ1v) is 8.68. The van der Waals surface area contributed by atoms with Crippen LogP contribution in [0.3, 0.4) is 0 Å². The average Bonchev–Trinajstić information content (AvgIpc) is 3.31. The molecule has 1 aliphatic rings. The van der Waals surface area contributed by atoms with Gasteiger partial charge in [0.25, 0.3) is 0 Å². The largest absolute Gasteiger partial charge is 0.407 e. The normalized spacial score (nSPS) is 17.7. The minimum Gasteiger partial charge on any atom is -0.336 e. The summed E-state index contributed by atoms with van der Waals surface area (Å²) in [5.41, 5.74) is -1.54. The van der Waals surface area contributed by atoms with Gasteiger partial charge >= 0.3 is 6.18 Å². The Hall–Kier alpha value is -2.32. The molecule has 0 aromatic heterocycles. The molecule has 26 heavy (non-hydrogen) atoms. The zero-order chi connectivity index (χ0) is 19.5. The van der Waals surface area contributed by atoms with Gasteiger partial charge in [-0.25, -0.2) is 4.39 Å². The summed E-state index contributed by atoms with van der Waals surface area (Å²) in [6, 6.07) is 1.14. The molecule has 1 fully saturated rings. The maximum Gasteiger partial charge on any atom is 0.407 e. The summed E-state index contributed by atoms with van der Waals surface area (Å²) in [6.07, 6.45) is -4.20. The van der Waals surface area contributed by atoms with E-state index in [0.717, 1.165) is 24.3 Å². The maximum atomic E-state index is 13.4. The molecule has 1 aromatic rings. The van der Waals surface area contributed by atoms with Crippen LogP contribution in [0.25, 0.3) is 0 Å². The fourth-order valence-corrected chi connectivity index (χ4v) is 2.80. The van der Waals surface area contributed by atoms with E-state index in [9.17, 15) is 30.8 Å². The van der Waals surface area contributed by atoms with E-state index < -0.39 is 52.0 Å². The maximum absolute atomic E-state index is 13.4. The van der Waals surface area contributed by atoms with E-state index in [1.165, 1.54) is 0 Å². The Balaban J connectivity index is 2.26. The van der Waals surface area contributed by atoms with E-state index in [1.807, 2.05) is 11.4 Å². The molecule has 0 spiro atoms. The number of alkyl halides is 3. The zero-order valence-corrected chi connectivity index (χ0v) is 14.0. The Kier molecular flexibility index (Phi) is 5.77. The highest BCUT2D eigenvalue weighted by molar-refractivity contribution is 7.72. The number of amides is 1. The molecule has 0 bridgehead atoms. The molecule has 0 aliphatic heterocycles. The van der Waals surface area contributed by atoms with Gasteiger partial charge in [-0.3, -0.25) is 10.1 Å². The highest BCUT2D eigenvalue weighted by Crippen LogP contribution is 2.35. The van der Waals surface area contributed by atoms with Crippen molar-refractivity contribution in [3.8, 4) is 6.07 Å². The molecule has 141 valence electrons. The Morgan fingerprint density at radius 2 is 1.85 bits per heavy atom. The fourth-order valence-electron chi connectivity index (χ4n) is 2.28. The van der Waals surface area contributed by atoms with Gasteiger partial charge < -0.3 is 5.32 Å². The third-order valence-corrected chi connectivity index (χ3v) is 4.45. The van der Waals surface area contributed by atoms with Crippen LogP contribution in [0.1, 0.15) is 24.4 Å². The second-order valence-corrected chi connectivity index (χ2v) is 6.84. The summed E-state index contributed by atoms with van der Waals surface area (Å²) in [5.74, 6) is -2.68. The van der Waals surface area contributed by atoms with E-state index in [2.05, 4.69) is 5.32 Å². The number of carbonyl (C=O) groups is 1. The van der Waals surface area contributed by atoms with Crippen LogP contribution in [0.2, 0.25) is 0 Å². The first-order valence-electron chi connectivity index (χ1n) is 7.44. The Labute approximate surface area is 148 Å². The lowest BCUT2D eigenvalue weighted by Gasteiger charge is -2.26. The molecule has 1 amide bonds. The van der Waals surface area contributed by atoms with Gasteiger partial charge in [-0.05, 0) is 30.5 Å². The zero-order valence-electron chi connectivity index (χ0n) is 13.2. The second kappa shape index (κ2) is 7.51. The molecule has 1 saturated carbocycles. The average molecular weight is 392 g/mol. The summed E-state index contributed by atoms with van der Waals surface area (Å²) in [5, 5.41) is 13.2. The quantitative estimate of drug-likeness (QED) is 0.684. The van der Waals surface area contributed by atoms with Crippen molar-refractivity contribution in [2.24, 2.45) is 0 Å². The number of benzene rings is 1. The summed E-state index contributed by atoms with van der Waals surface area (Å²) >= 11 is 0. The number of nitriles is 1. The first kappa shape index (κ1) is 20.0. The third kappa shape index (κ3) is 5.09. The third-order valence-electron chi connectivity index (χ3n) is 3.84. The van der Waals surface area contributed by atoms with E-state index in [-0.39, 0.29) is 5.56 Å². The Bertz CT molecular complexity index is 775. The van der Waals surface area contributed by atoms with Crippen molar-refractivity contribution >= 4 is 16.6 Å². The minimum absolute atomic E-state index is 0.336. The van der Waals surface area contributed by atoms with E-state index in [4.69, 9.17) is 5.26 Å². The highest BCUT2D eigenvalue weighted by Gasteiger charge is 2.47. The standard InChI is InChI=1S/C15H14F4N3O3S/c16-10-3-1-9(2-4-10)12(15(17,18)19)21-11(7-26(24)25)13(23)22-14(8-20)5-6-14/h1-4,11-12,21H,5-7H2,(H,22,23)/t11?,12-/m1/s1. The van der Waals surface area contributed by atoms with E-state index in [0.29, 0.717) is 12.8 Å². The van der Waals surface area contributed by atoms with Crippen molar-refractivity contribution in [2.45, 2.75) is 36.6 Å². The van der Waals surface area contributed by atoms with Gasteiger partial charge in [0.2, 0.25) is 5.91 Å². The first-order chi connectivity index (χ1) is 12.1. The molecule has 2 atom stereocenters. The molecule has 0 saturated heterocycles. The number of carbonyl (C=O) groups excluding carboxylic acids is 1. The molecular formula is C15H14F4N3O3S. The van der Waals surface area contributed by atoms with Gasteiger partial charge in [0.15, 0.2) is 10.7 Å². The monoisotopic (exact) mass is 392 g/mol. The Morgan fingerprint density at radius 3 is 2.27 bits per heavy atom. The molecule has 0 heterocycles. The summed E-state index contributed by atoms with van der Waals surface area (Å²) in [6.45, 7) is 0. The number of rotatable bonds is 7. The van der Waals surface area contributed by atoms with Gasteiger partial charge in [0.05, 0.1) is 11.8 Å². The van der Waals surface area contributed by atoms with Crippen LogP contribution in [-0.2, 0) is 15.5 Å². The van der Waals surface area contributed by atoms with Gasteiger partial charge in [-0.15, -0.1) is 0 Å². The van der Waals surface area contributed by atoms with E-state index >= 15 is 0 Å². The fraction of sp³-hybridized carbons (Fsp3) is 0.467. The van der Waals surface area contributed by atoms with Crippen molar-refractivity contribution < 1.29 is 30.8 Å². The molecule has 2 rings (SSSR count). The van der Waals surface area contributed by atoms with Crippen molar-refractivity contribution in [2.75, 3.05) is 5.75 Å². The lowest BCUT2D eigenvalue weighted by atomic mass is 10.0. The lowest BCUT2D eigenvalue weighted by molar-refractivity contribution is -0.160. The molecular weight excluding hydrogens is 378 g/mol. The summed E-state index contributed by atoms with van der Waals surface area (Å²) < 4.78 is 75.1. The molecule has 1 unspecified atom stereocenters. The van der Waals surface area contributed by atoms with Crippen LogP contribution >= 0.6 is 0 Å². The van der Waals surface area contributed by atoms with E-state index in [1.54, 1.807) is 0 Å². The van der Waals surface area contributed by atoms with Crippen LogP contribution in [0.4, 0.5) is 17.6 Å². The van der Waals surface area contributed by atoms with Crippen molar-refractivity contribution in [3.63, 3.8) is 0 Å². The summed E-state index contributed by atoms with van der Waals surface area (Å²) in [4.78, 5) is 12.2. The number of halogens is 4. The lowest BCUT2D eigenvalue weighted by Crippen LogP contribution is -2.53.